The molecule has 1 fully saturated rings. The molecule has 110 valence electrons. The van der Waals surface area contributed by atoms with Crippen LogP contribution in [0.3, 0.4) is 0 Å². The van der Waals surface area contributed by atoms with Crippen molar-refractivity contribution in [3.05, 3.63) is 29.6 Å². The zero-order chi connectivity index (χ0) is 14.7. The summed E-state index contributed by atoms with van der Waals surface area (Å²) in [5.41, 5.74) is -0.366. The number of carbonyl (C=O) groups excluding carboxylic acids is 1. The van der Waals surface area contributed by atoms with E-state index in [9.17, 15) is 23.1 Å². The van der Waals surface area contributed by atoms with Crippen LogP contribution in [0.1, 0.15) is 10.4 Å². The van der Waals surface area contributed by atoms with Gasteiger partial charge in [-0.05, 0) is 12.1 Å². The molecule has 7 heteroatoms. The number of hydrogen-bond donors (Lipinski definition) is 1. The van der Waals surface area contributed by atoms with E-state index in [1.54, 1.807) is 4.90 Å². The van der Waals surface area contributed by atoms with Crippen LogP contribution in [0, 0.1) is 5.82 Å². The quantitative estimate of drug-likeness (QED) is 0.918. The molecule has 0 aliphatic carbocycles. The number of rotatable bonds is 3. The Morgan fingerprint density at radius 1 is 1.25 bits per heavy atom. The Hall–Kier alpha value is -1.76. The highest BCUT2D eigenvalue weighted by Gasteiger charge is 2.27. The summed E-state index contributed by atoms with van der Waals surface area (Å²) >= 11 is 0. The fraction of sp³-hybridized carbons (Fsp3) is 0.462. The monoisotopic (exact) mass is 288 g/mol. The normalized spacial score (nSPS) is 16.7. The molecular weight excluding hydrogens is 273 g/mol. The lowest BCUT2D eigenvalue weighted by Crippen LogP contribution is -2.49. The highest BCUT2D eigenvalue weighted by atomic mass is 19.3. The SMILES string of the molecule is O=C(c1c(O)cccc1F)N1CCN(CC(F)F)CC1. The van der Waals surface area contributed by atoms with E-state index in [1.807, 2.05) is 0 Å². The van der Waals surface area contributed by atoms with Gasteiger partial charge in [0, 0.05) is 26.2 Å². The molecule has 0 unspecified atom stereocenters. The first kappa shape index (κ1) is 14.6. The van der Waals surface area contributed by atoms with Gasteiger partial charge in [-0.2, -0.15) is 0 Å². The van der Waals surface area contributed by atoms with Crippen molar-refractivity contribution in [2.24, 2.45) is 0 Å². The van der Waals surface area contributed by atoms with Gasteiger partial charge >= 0.3 is 0 Å². The maximum atomic E-state index is 13.6. The van der Waals surface area contributed by atoms with Gasteiger partial charge < -0.3 is 10.0 Å². The number of alkyl halides is 2. The van der Waals surface area contributed by atoms with E-state index in [0.29, 0.717) is 13.1 Å². The summed E-state index contributed by atoms with van der Waals surface area (Å²) < 4.78 is 38.1. The van der Waals surface area contributed by atoms with Crippen LogP contribution in [-0.4, -0.2) is 60.0 Å². The van der Waals surface area contributed by atoms with Crippen LogP contribution in [-0.2, 0) is 0 Å². The largest absolute Gasteiger partial charge is 0.507 e. The summed E-state index contributed by atoms with van der Waals surface area (Å²) in [4.78, 5) is 15.0. The number of halogens is 3. The smallest absolute Gasteiger partial charge is 0.260 e. The Bertz CT molecular complexity index is 468. The predicted octanol–water partition coefficient (Wildman–Crippen LogP) is 1.55. The predicted molar refractivity (Wildman–Crippen MR) is 66.4 cm³/mol. The molecule has 20 heavy (non-hydrogen) atoms. The molecular formula is C13H15F3N2O2. The summed E-state index contributed by atoms with van der Waals surface area (Å²) in [6, 6.07) is 3.64. The Balaban J connectivity index is 2.02. The molecule has 1 heterocycles. The average molecular weight is 288 g/mol. The number of aromatic hydroxyl groups is 1. The third kappa shape index (κ3) is 3.22. The van der Waals surface area contributed by atoms with Crippen molar-refractivity contribution in [1.29, 1.82) is 0 Å². The summed E-state index contributed by atoms with van der Waals surface area (Å²) in [5.74, 6) is -1.81. The Kier molecular flexibility index (Phi) is 4.49. The first-order chi connectivity index (χ1) is 9.49. The minimum atomic E-state index is -2.41. The van der Waals surface area contributed by atoms with Crippen LogP contribution in [0.15, 0.2) is 18.2 Å². The van der Waals surface area contributed by atoms with Crippen LogP contribution in [0.25, 0.3) is 0 Å². The molecule has 0 bridgehead atoms. The summed E-state index contributed by atoms with van der Waals surface area (Å²) in [5, 5.41) is 9.57. The molecule has 1 saturated heterocycles. The topological polar surface area (TPSA) is 43.8 Å². The maximum Gasteiger partial charge on any atom is 0.260 e. The van der Waals surface area contributed by atoms with E-state index in [0.717, 1.165) is 6.07 Å². The molecule has 1 N–H and O–H groups in total. The van der Waals surface area contributed by atoms with Crippen LogP contribution in [0.4, 0.5) is 13.2 Å². The van der Waals surface area contributed by atoms with E-state index in [1.165, 1.54) is 17.0 Å². The van der Waals surface area contributed by atoms with Crippen molar-refractivity contribution in [3.63, 3.8) is 0 Å². The molecule has 1 aliphatic heterocycles. The Labute approximate surface area is 114 Å². The number of piperazine rings is 1. The number of hydrogen-bond acceptors (Lipinski definition) is 3. The fourth-order valence-electron chi connectivity index (χ4n) is 2.21. The number of phenols is 1. The second-order valence-corrected chi connectivity index (χ2v) is 4.62. The van der Waals surface area contributed by atoms with Gasteiger partial charge in [0.1, 0.15) is 17.1 Å². The molecule has 4 nitrogen and oxygen atoms in total. The Morgan fingerprint density at radius 3 is 2.45 bits per heavy atom. The lowest BCUT2D eigenvalue weighted by molar-refractivity contribution is 0.0454. The van der Waals surface area contributed by atoms with Gasteiger partial charge in [-0.3, -0.25) is 9.69 Å². The molecule has 1 aliphatic rings. The molecule has 0 atom stereocenters. The summed E-state index contributed by atoms with van der Waals surface area (Å²) in [7, 11) is 0. The second kappa shape index (κ2) is 6.13. The van der Waals surface area contributed by atoms with Crippen molar-refractivity contribution >= 4 is 5.91 Å². The van der Waals surface area contributed by atoms with Crippen LogP contribution < -0.4 is 0 Å². The zero-order valence-electron chi connectivity index (χ0n) is 10.7. The van der Waals surface area contributed by atoms with Crippen molar-refractivity contribution in [1.82, 2.24) is 9.80 Å². The van der Waals surface area contributed by atoms with Crippen molar-refractivity contribution in [3.8, 4) is 5.75 Å². The highest BCUT2D eigenvalue weighted by molar-refractivity contribution is 5.97. The standard InChI is InChI=1S/C13H15F3N2O2/c14-9-2-1-3-10(19)12(9)13(20)18-6-4-17(5-7-18)8-11(15)16/h1-3,11,19H,4-8H2. The number of amides is 1. The van der Waals surface area contributed by atoms with E-state index in [-0.39, 0.29) is 25.2 Å². The molecule has 1 aromatic carbocycles. The number of phenolic OH excluding ortho intramolecular Hbond substituents is 1. The third-order valence-corrected chi connectivity index (χ3v) is 3.26. The molecule has 1 aromatic rings. The van der Waals surface area contributed by atoms with E-state index in [2.05, 4.69) is 0 Å². The molecule has 2 rings (SSSR count). The summed E-state index contributed by atoms with van der Waals surface area (Å²) in [6.45, 7) is 0.766. The first-order valence-electron chi connectivity index (χ1n) is 6.26. The lowest BCUT2D eigenvalue weighted by Gasteiger charge is -2.34. The third-order valence-electron chi connectivity index (χ3n) is 3.26. The fourth-order valence-corrected chi connectivity index (χ4v) is 2.21. The van der Waals surface area contributed by atoms with Gasteiger partial charge in [0.2, 0.25) is 0 Å². The number of nitrogens with zero attached hydrogens (tertiary/aromatic N) is 2. The number of carbonyl (C=O) groups is 1. The summed E-state index contributed by atoms with van der Waals surface area (Å²) in [6.07, 6.45) is -2.41. The van der Waals surface area contributed by atoms with Crippen LogP contribution in [0.2, 0.25) is 0 Å². The van der Waals surface area contributed by atoms with Gasteiger partial charge in [0.05, 0.1) is 6.54 Å². The molecule has 0 saturated carbocycles. The van der Waals surface area contributed by atoms with Crippen molar-refractivity contribution in [2.75, 3.05) is 32.7 Å². The van der Waals surface area contributed by atoms with Gasteiger partial charge in [0.15, 0.2) is 0 Å². The van der Waals surface area contributed by atoms with Crippen LogP contribution in [0.5, 0.6) is 5.75 Å². The second-order valence-electron chi connectivity index (χ2n) is 4.62. The van der Waals surface area contributed by atoms with E-state index < -0.39 is 23.9 Å². The highest BCUT2D eigenvalue weighted by Crippen LogP contribution is 2.22. The molecule has 0 spiro atoms. The van der Waals surface area contributed by atoms with Gasteiger partial charge in [-0.25, -0.2) is 13.2 Å². The molecule has 1 amide bonds. The Morgan fingerprint density at radius 2 is 1.90 bits per heavy atom. The van der Waals surface area contributed by atoms with Crippen molar-refractivity contribution < 1.29 is 23.1 Å². The molecule has 0 radical (unpaired) electrons. The van der Waals surface area contributed by atoms with E-state index >= 15 is 0 Å². The maximum absolute atomic E-state index is 13.6. The lowest BCUT2D eigenvalue weighted by atomic mass is 10.1. The minimum Gasteiger partial charge on any atom is -0.507 e. The van der Waals surface area contributed by atoms with Crippen molar-refractivity contribution in [2.45, 2.75) is 6.43 Å². The molecule has 0 aromatic heterocycles. The van der Waals surface area contributed by atoms with Gasteiger partial charge in [-0.1, -0.05) is 6.07 Å². The van der Waals surface area contributed by atoms with E-state index in [4.69, 9.17) is 0 Å². The number of benzene rings is 1. The minimum absolute atomic E-state index is 0.235. The van der Waals surface area contributed by atoms with Gasteiger partial charge in [0.25, 0.3) is 12.3 Å². The van der Waals surface area contributed by atoms with Gasteiger partial charge in [-0.15, -0.1) is 0 Å². The average Bonchev–Trinajstić information content (AvgIpc) is 2.38. The zero-order valence-corrected chi connectivity index (χ0v) is 10.7. The first-order valence-corrected chi connectivity index (χ1v) is 6.26. The van der Waals surface area contributed by atoms with Crippen LogP contribution >= 0.6 is 0 Å².